The standard InChI is InChI=1S/C11H7Br2F3N2/c1-18-9(13)8(12)17-10(18)6-2-4-7(5-3-6)11(14,15)16/h2-5H,1H3. The van der Waals surface area contributed by atoms with E-state index in [4.69, 9.17) is 0 Å². The molecule has 0 amide bonds. The lowest BCUT2D eigenvalue weighted by Gasteiger charge is -2.07. The summed E-state index contributed by atoms with van der Waals surface area (Å²) in [6.45, 7) is 0. The minimum absolute atomic E-state index is 0.586. The summed E-state index contributed by atoms with van der Waals surface area (Å²) in [7, 11) is 1.77. The average Bonchev–Trinajstić information content (AvgIpc) is 2.56. The third-order valence-electron chi connectivity index (χ3n) is 2.46. The average molecular weight is 384 g/mol. The number of hydrogen-bond acceptors (Lipinski definition) is 1. The van der Waals surface area contributed by atoms with Crippen LogP contribution in [0.25, 0.3) is 11.4 Å². The number of aromatic nitrogens is 2. The molecular formula is C11H7Br2F3N2. The lowest BCUT2D eigenvalue weighted by Crippen LogP contribution is -2.04. The fourth-order valence-corrected chi connectivity index (χ4v) is 2.20. The molecule has 2 nitrogen and oxygen atoms in total. The summed E-state index contributed by atoms with van der Waals surface area (Å²) in [5.41, 5.74) is -0.0458. The lowest BCUT2D eigenvalue weighted by atomic mass is 10.1. The van der Waals surface area contributed by atoms with E-state index in [1.54, 1.807) is 11.6 Å². The van der Waals surface area contributed by atoms with Crippen LogP contribution in [0.5, 0.6) is 0 Å². The molecule has 0 atom stereocenters. The molecule has 0 aliphatic heterocycles. The zero-order chi connectivity index (χ0) is 13.5. The maximum Gasteiger partial charge on any atom is 0.416 e. The highest BCUT2D eigenvalue weighted by Crippen LogP contribution is 2.32. The fourth-order valence-electron chi connectivity index (χ4n) is 1.51. The number of imidazole rings is 1. The number of halogens is 5. The first-order valence-corrected chi connectivity index (χ1v) is 6.44. The molecule has 7 heteroatoms. The number of benzene rings is 1. The monoisotopic (exact) mass is 382 g/mol. The van der Waals surface area contributed by atoms with E-state index in [1.165, 1.54) is 12.1 Å². The van der Waals surface area contributed by atoms with Gasteiger partial charge in [0.25, 0.3) is 0 Å². The molecule has 1 heterocycles. The Labute approximate surface area is 118 Å². The van der Waals surface area contributed by atoms with Crippen LogP contribution in [0.4, 0.5) is 13.2 Å². The third-order valence-corrected chi connectivity index (χ3v) is 4.45. The van der Waals surface area contributed by atoms with Crippen molar-refractivity contribution in [1.29, 1.82) is 0 Å². The molecule has 0 spiro atoms. The summed E-state index contributed by atoms with van der Waals surface area (Å²) < 4.78 is 40.4. The molecule has 0 aliphatic rings. The van der Waals surface area contributed by atoms with Gasteiger partial charge in [-0.3, -0.25) is 0 Å². The quantitative estimate of drug-likeness (QED) is 0.701. The first-order valence-electron chi connectivity index (χ1n) is 4.86. The Morgan fingerprint density at radius 3 is 2.06 bits per heavy atom. The molecule has 0 saturated carbocycles. The van der Waals surface area contributed by atoms with Crippen LogP contribution in [0.3, 0.4) is 0 Å². The number of rotatable bonds is 1. The maximum atomic E-state index is 12.4. The van der Waals surface area contributed by atoms with Gasteiger partial charge in [0.15, 0.2) is 0 Å². The van der Waals surface area contributed by atoms with Crippen molar-refractivity contribution in [3.05, 3.63) is 39.0 Å². The van der Waals surface area contributed by atoms with Crippen molar-refractivity contribution in [2.24, 2.45) is 7.05 Å². The molecule has 96 valence electrons. The Morgan fingerprint density at radius 1 is 1.11 bits per heavy atom. The molecule has 2 rings (SSSR count). The molecular weight excluding hydrogens is 377 g/mol. The van der Waals surface area contributed by atoms with Crippen LogP contribution < -0.4 is 0 Å². The minimum Gasteiger partial charge on any atom is -0.321 e. The molecule has 1 aromatic heterocycles. The van der Waals surface area contributed by atoms with Crippen molar-refractivity contribution in [2.45, 2.75) is 6.18 Å². The number of nitrogens with zero attached hydrogens (tertiary/aromatic N) is 2. The Morgan fingerprint density at radius 2 is 1.67 bits per heavy atom. The zero-order valence-electron chi connectivity index (χ0n) is 9.09. The summed E-state index contributed by atoms with van der Waals surface area (Å²) in [6, 6.07) is 4.91. The highest BCUT2D eigenvalue weighted by molar-refractivity contribution is 9.13. The molecule has 18 heavy (non-hydrogen) atoms. The fraction of sp³-hybridized carbons (Fsp3) is 0.182. The van der Waals surface area contributed by atoms with Gasteiger partial charge in [0, 0.05) is 12.6 Å². The highest BCUT2D eigenvalue weighted by atomic mass is 79.9. The Hall–Kier alpha value is -0.820. The Kier molecular flexibility index (Phi) is 3.55. The predicted molar refractivity (Wildman–Crippen MR) is 69.0 cm³/mol. The van der Waals surface area contributed by atoms with E-state index in [0.717, 1.165) is 16.7 Å². The summed E-state index contributed by atoms with van der Waals surface area (Å²) in [6.07, 6.45) is -4.32. The topological polar surface area (TPSA) is 17.8 Å². The van der Waals surface area contributed by atoms with Gasteiger partial charge in [-0.25, -0.2) is 4.98 Å². The highest BCUT2D eigenvalue weighted by Gasteiger charge is 2.30. The Balaban J connectivity index is 2.44. The first-order chi connectivity index (χ1) is 8.30. The van der Waals surface area contributed by atoms with Gasteiger partial charge in [-0.2, -0.15) is 13.2 Å². The van der Waals surface area contributed by atoms with E-state index in [0.29, 0.717) is 16.0 Å². The lowest BCUT2D eigenvalue weighted by molar-refractivity contribution is -0.137. The molecule has 0 fully saturated rings. The van der Waals surface area contributed by atoms with Crippen LogP contribution in [0.2, 0.25) is 0 Å². The SMILES string of the molecule is Cn1c(-c2ccc(C(F)(F)F)cc2)nc(Br)c1Br. The van der Waals surface area contributed by atoms with Gasteiger partial charge < -0.3 is 4.57 Å². The molecule has 0 bridgehead atoms. The van der Waals surface area contributed by atoms with E-state index in [2.05, 4.69) is 36.8 Å². The number of hydrogen-bond donors (Lipinski definition) is 0. The van der Waals surface area contributed by atoms with Gasteiger partial charge in [0.05, 0.1) is 5.56 Å². The summed E-state index contributed by atoms with van der Waals surface area (Å²) in [4.78, 5) is 4.22. The summed E-state index contributed by atoms with van der Waals surface area (Å²) >= 11 is 6.57. The third kappa shape index (κ3) is 2.47. The molecule has 0 N–H and O–H groups in total. The summed E-state index contributed by atoms with van der Waals surface area (Å²) in [5, 5.41) is 0. The van der Waals surface area contributed by atoms with E-state index in [-0.39, 0.29) is 0 Å². The molecule has 0 aliphatic carbocycles. The van der Waals surface area contributed by atoms with E-state index < -0.39 is 11.7 Å². The van der Waals surface area contributed by atoms with Crippen molar-refractivity contribution in [2.75, 3.05) is 0 Å². The normalized spacial score (nSPS) is 11.9. The molecule has 0 unspecified atom stereocenters. The molecule has 0 saturated heterocycles. The van der Waals surface area contributed by atoms with Crippen molar-refractivity contribution >= 4 is 31.9 Å². The van der Waals surface area contributed by atoms with Crippen molar-refractivity contribution in [1.82, 2.24) is 9.55 Å². The maximum absolute atomic E-state index is 12.4. The van der Waals surface area contributed by atoms with Gasteiger partial charge in [-0.05, 0) is 44.0 Å². The first kappa shape index (κ1) is 13.6. The van der Waals surface area contributed by atoms with Crippen LogP contribution in [0.15, 0.2) is 33.5 Å². The predicted octanol–water partition coefficient (Wildman–Crippen LogP) is 4.63. The van der Waals surface area contributed by atoms with E-state index in [1.807, 2.05) is 0 Å². The largest absolute Gasteiger partial charge is 0.416 e. The van der Waals surface area contributed by atoms with Gasteiger partial charge >= 0.3 is 6.18 Å². The van der Waals surface area contributed by atoms with Crippen molar-refractivity contribution in [3.8, 4) is 11.4 Å². The van der Waals surface area contributed by atoms with Crippen LogP contribution in [0.1, 0.15) is 5.56 Å². The van der Waals surface area contributed by atoms with E-state index >= 15 is 0 Å². The summed E-state index contributed by atoms with van der Waals surface area (Å²) in [5.74, 6) is 0.586. The van der Waals surface area contributed by atoms with E-state index in [9.17, 15) is 13.2 Å². The smallest absolute Gasteiger partial charge is 0.321 e. The van der Waals surface area contributed by atoms with Crippen LogP contribution in [0, 0.1) is 0 Å². The number of alkyl halides is 3. The van der Waals surface area contributed by atoms with Gasteiger partial charge in [0.2, 0.25) is 0 Å². The van der Waals surface area contributed by atoms with Crippen molar-refractivity contribution < 1.29 is 13.2 Å². The second kappa shape index (κ2) is 4.70. The second-order valence-corrected chi connectivity index (χ2v) is 5.15. The van der Waals surface area contributed by atoms with Gasteiger partial charge in [-0.15, -0.1) is 0 Å². The van der Waals surface area contributed by atoms with Crippen molar-refractivity contribution in [3.63, 3.8) is 0 Å². The zero-order valence-corrected chi connectivity index (χ0v) is 12.3. The second-order valence-electron chi connectivity index (χ2n) is 3.65. The Bertz CT molecular complexity index is 573. The molecule has 2 aromatic rings. The molecule has 1 aromatic carbocycles. The van der Waals surface area contributed by atoms with Crippen LogP contribution in [-0.4, -0.2) is 9.55 Å². The van der Waals surface area contributed by atoms with Crippen LogP contribution >= 0.6 is 31.9 Å². The van der Waals surface area contributed by atoms with Crippen LogP contribution in [-0.2, 0) is 13.2 Å². The van der Waals surface area contributed by atoms with Gasteiger partial charge in [0.1, 0.15) is 15.0 Å². The molecule has 0 radical (unpaired) electrons. The minimum atomic E-state index is -4.32. The van der Waals surface area contributed by atoms with Gasteiger partial charge in [-0.1, -0.05) is 12.1 Å².